The minimum atomic E-state index is -0.858. The molecule has 0 saturated heterocycles. The second-order valence-electron chi connectivity index (χ2n) is 6.84. The smallest absolute Gasteiger partial charge is 0.315 e. The van der Waals surface area contributed by atoms with Crippen molar-refractivity contribution < 1.29 is 14.7 Å². The van der Waals surface area contributed by atoms with Crippen LogP contribution in [-0.2, 0) is 4.79 Å². The van der Waals surface area contributed by atoms with Gasteiger partial charge in [-0.3, -0.25) is 4.79 Å². The van der Waals surface area contributed by atoms with E-state index >= 15 is 0 Å². The molecule has 1 aliphatic carbocycles. The molecule has 1 rings (SSSR count). The predicted molar refractivity (Wildman–Crippen MR) is 83.1 cm³/mol. The molecule has 0 spiro atoms. The van der Waals surface area contributed by atoms with E-state index in [1.165, 1.54) is 6.42 Å². The van der Waals surface area contributed by atoms with Gasteiger partial charge in [-0.1, -0.05) is 40.5 Å². The first-order valence-electron chi connectivity index (χ1n) is 8.10. The summed E-state index contributed by atoms with van der Waals surface area (Å²) in [6.45, 7) is 8.28. The molecule has 1 fully saturated rings. The van der Waals surface area contributed by atoms with Crippen molar-refractivity contribution in [3.8, 4) is 0 Å². The lowest BCUT2D eigenvalue weighted by atomic mass is 9.78. The molecule has 21 heavy (non-hydrogen) atoms. The van der Waals surface area contributed by atoms with Crippen molar-refractivity contribution in [2.24, 2.45) is 23.7 Å². The Labute approximate surface area is 127 Å². The molecular formula is C16H30N2O3. The van der Waals surface area contributed by atoms with Crippen LogP contribution in [0.1, 0.15) is 53.4 Å². The monoisotopic (exact) mass is 298 g/mol. The van der Waals surface area contributed by atoms with E-state index in [0.29, 0.717) is 11.8 Å². The average molecular weight is 298 g/mol. The number of urea groups is 1. The Bertz CT molecular complexity index is 355. The summed E-state index contributed by atoms with van der Waals surface area (Å²) in [6.07, 6.45) is 4.56. The van der Waals surface area contributed by atoms with Gasteiger partial charge in [0.05, 0.1) is 5.92 Å². The maximum atomic E-state index is 12.0. The van der Waals surface area contributed by atoms with Gasteiger partial charge in [-0.2, -0.15) is 0 Å². The van der Waals surface area contributed by atoms with Gasteiger partial charge in [0.15, 0.2) is 0 Å². The number of nitrogens with one attached hydrogen (secondary N) is 2. The average Bonchev–Trinajstić information content (AvgIpc) is 2.38. The third kappa shape index (κ3) is 5.56. The van der Waals surface area contributed by atoms with Gasteiger partial charge < -0.3 is 15.7 Å². The van der Waals surface area contributed by atoms with Crippen LogP contribution in [0.2, 0.25) is 0 Å². The van der Waals surface area contributed by atoms with Crippen LogP contribution in [0.3, 0.4) is 0 Å². The summed E-state index contributed by atoms with van der Waals surface area (Å²) in [5.74, 6) is -0.324. The molecular weight excluding hydrogens is 268 g/mol. The Morgan fingerprint density at radius 1 is 1.14 bits per heavy atom. The van der Waals surface area contributed by atoms with Gasteiger partial charge in [0.25, 0.3) is 0 Å². The number of rotatable bonds is 6. The fourth-order valence-corrected chi connectivity index (χ4v) is 3.17. The van der Waals surface area contributed by atoms with Crippen LogP contribution >= 0.6 is 0 Å². The van der Waals surface area contributed by atoms with Crippen LogP contribution in [-0.4, -0.2) is 29.7 Å². The zero-order chi connectivity index (χ0) is 16.0. The maximum absolute atomic E-state index is 12.0. The Morgan fingerprint density at radius 2 is 1.76 bits per heavy atom. The van der Waals surface area contributed by atoms with Crippen molar-refractivity contribution in [1.82, 2.24) is 10.6 Å². The molecule has 0 aromatic rings. The normalized spacial score (nSPS) is 23.9. The number of hydrogen-bond donors (Lipinski definition) is 3. The molecule has 0 bridgehead atoms. The number of hydrogen-bond acceptors (Lipinski definition) is 2. The van der Waals surface area contributed by atoms with E-state index in [1.54, 1.807) is 0 Å². The molecule has 2 amide bonds. The molecule has 0 aliphatic heterocycles. The van der Waals surface area contributed by atoms with Crippen LogP contribution in [0, 0.1) is 23.7 Å². The Balaban J connectivity index is 2.46. The van der Waals surface area contributed by atoms with E-state index in [1.807, 2.05) is 13.8 Å². The molecule has 1 aliphatic rings. The molecule has 0 aromatic carbocycles. The second-order valence-corrected chi connectivity index (χ2v) is 6.84. The lowest BCUT2D eigenvalue weighted by Crippen LogP contribution is -2.49. The van der Waals surface area contributed by atoms with Crippen LogP contribution < -0.4 is 10.6 Å². The first-order chi connectivity index (χ1) is 9.82. The largest absolute Gasteiger partial charge is 0.481 e. The third-order valence-corrected chi connectivity index (χ3v) is 4.60. The molecule has 1 saturated carbocycles. The highest BCUT2D eigenvalue weighted by Gasteiger charge is 2.29. The molecule has 3 N–H and O–H groups in total. The lowest BCUT2D eigenvalue weighted by Gasteiger charge is -2.35. The SMILES string of the molecule is CC(C)C(CNC(=O)NC1CCCCC1C(C)C)C(=O)O. The van der Waals surface area contributed by atoms with Crippen molar-refractivity contribution in [3.05, 3.63) is 0 Å². The van der Waals surface area contributed by atoms with Crippen molar-refractivity contribution >= 4 is 12.0 Å². The highest BCUT2D eigenvalue weighted by Crippen LogP contribution is 2.30. The first-order valence-corrected chi connectivity index (χ1v) is 8.10. The molecule has 5 nitrogen and oxygen atoms in total. The zero-order valence-electron chi connectivity index (χ0n) is 13.7. The molecule has 0 aromatic heterocycles. The van der Waals surface area contributed by atoms with Gasteiger partial charge in [0, 0.05) is 12.6 Å². The van der Waals surface area contributed by atoms with E-state index in [0.717, 1.165) is 19.3 Å². The first kappa shape index (κ1) is 17.8. The third-order valence-electron chi connectivity index (χ3n) is 4.60. The lowest BCUT2D eigenvalue weighted by molar-refractivity contribution is -0.142. The summed E-state index contributed by atoms with van der Waals surface area (Å²) in [5.41, 5.74) is 0. The number of carboxylic acids is 1. The molecule has 0 heterocycles. The van der Waals surface area contributed by atoms with E-state index in [2.05, 4.69) is 24.5 Å². The maximum Gasteiger partial charge on any atom is 0.315 e. The quantitative estimate of drug-likeness (QED) is 0.705. The summed E-state index contributed by atoms with van der Waals surface area (Å²) in [4.78, 5) is 23.1. The summed E-state index contributed by atoms with van der Waals surface area (Å²) >= 11 is 0. The Morgan fingerprint density at radius 3 is 2.29 bits per heavy atom. The van der Waals surface area contributed by atoms with E-state index in [-0.39, 0.29) is 24.5 Å². The topological polar surface area (TPSA) is 78.4 Å². The van der Waals surface area contributed by atoms with Gasteiger partial charge in [0.2, 0.25) is 0 Å². The summed E-state index contributed by atoms with van der Waals surface area (Å²) in [7, 11) is 0. The second kappa shape index (κ2) is 8.25. The van der Waals surface area contributed by atoms with Crippen LogP contribution in [0.5, 0.6) is 0 Å². The van der Waals surface area contributed by atoms with E-state index < -0.39 is 11.9 Å². The van der Waals surface area contributed by atoms with Crippen LogP contribution in [0.4, 0.5) is 4.79 Å². The van der Waals surface area contributed by atoms with Crippen molar-refractivity contribution in [1.29, 1.82) is 0 Å². The van der Waals surface area contributed by atoms with Gasteiger partial charge in [-0.15, -0.1) is 0 Å². The predicted octanol–water partition coefficient (Wildman–Crippen LogP) is 2.86. The summed E-state index contributed by atoms with van der Waals surface area (Å²) in [6, 6.07) is -0.0273. The number of carboxylic acid groups (broad SMARTS) is 1. The van der Waals surface area contributed by atoms with Crippen molar-refractivity contribution in [2.45, 2.75) is 59.4 Å². The molecule has 0 radical (unpaired) electrons. The molecule has 3 unspecified atom stereocenters. The van der Waals surface area contributed by atoms with Crippen molar-refractivity contribution in [3.63, 3.8) is 0 Å². The van der Waals surface area contributed by atoms with E-state index in [9.17, 15) is 9.59 Å². The number of aliphatic carboxylic acids is 1. The molecule has 5 heteroatoms. The van der Waals surface area contributed by atoms with Gasteiger partial charge >= 0.3 is 12.0 Å². The highest BCUT2D eigenvalue weighted by atomic mass is 16.4. The highest BCUT2D eigenvalue weighted by molar-refractivity contribution is 5.76. The van der Waals surface area contributed by atoms with Gasteiger partial charge in [-0.05, 0) is 30.6 Å². The fraction of sp³-hybridized carbons (Fsp3) is 0.875. The van der Waals surface area contributed by atoms with E-state index in [4.69, 9.17) is 5.11 Å². The number of amides is 2. The summed E-state index contributed by atoms with van der Waals surface area (Å²) < 4.78 is 0. The molecule has 3 atom stereocenters. The van der Waals surface area contributed by atoms with Crippen molar-refractivity contribution in [2.75, 3.05) is 6.54 Å². The summed E-state index contributed by atoms with van der Waals surface area (Å²) in [5, 5.41) is 14.9. The fourth-order valence-electron chi connectivity index (χ4n) is 3.17. The van der Waals surface area contributed by atoms with Crippen LogP contribution in [0.15, 0.2) is 0 Å². The Kier molecular flexibility index (Phi) is 6.99. The minimum absolute atomic E-state index is 0.000827. The molecule has 122 valence electrons. The standard InChI is InChI=1S/C16H30N2O3/c1-10(2)12-7-5-6-8-14(12)18-16(21)17-9-13(11(3)4)15(19)20/h10-14H,5-9H2,1-4H3,(H,19,20)(H2,17,18,21). The number of carbonyl (C=O) groups is 2. The van der Waals surface area contributed by atoms with Crippen LogP contribution in [0.25, 0.3) is 0 Å². The Hall–Kier alpha value is -1.26. The minimum Gasteiger partial charge on any atom is -0.481 e. The zero-order valence-corrected chi connectivity index (χ0v) is 13.7. The van der Waals surface area contributed by atoms with Gasteiger partial charge in [-0.25, -0.2) is 4.79 Å². The van der Waals surface area contributed by atoms with Gasteiger partial charge in [0.1, 0.15) is 0 Å². The number of carbonyl (C=O) groups excluding carboxylic acids is 1.